The summed E-state index contributed by atoms with van der Waals surface area (Å²) in [7, 11) is -3.96. The predicted molar refractivity (Wildman–Crippen MR) is 80.2 cm³/mol. The van der Waals surface area contributed by atoms with Crippen LogP contribution in [0.4, 0.5) is 8.78 Å². The largest absolute Gasteiger partial charge is 0.435 e. The number of hydrogen-bond donors (Lipinski definition) is 1. The highest BCUT2D eigenvalue weighted by Gasteiger charge is 2.26. The topological polar surface area (TPSA) is 94.3 Å². The molecule has 0 aliphatic carbocycles. The van der Waals surface area contributed by atoms with Crippen LogP contribution >= 0.6 is 0 Å². The molecule has 0 unspecified atom stereocenters. The maximum absolute atomic E-state index is 12.6. The first kappa shape index (κ1) is 18.3. The fourth-order valence-electron chi connectivity index (χ4n) is 2.22. The number of alkyl halides is 2. The van der Waals surface area contributed by atoms with Gasteiger partial charge in [0.05, 0.1) is 5.75 Å². The van der Waals surface area contributed by atoms with Gasteiger partial charge in [0.2, 0.25) is 15.0 Å². The van der Waals surface area contributed by atoms with Gasteiger partial charge in [0.15, 0.2) is 5.82 Å². The van der Waals surface area contributed by atoms with E-state index in [0.29, 0.717) is 13.0 Å². The lowest BCUT2D eigenvalue weighted by Gasteiger charge is -2.12. The monoisotopic (exact) mass is 361 g/mol. The Morgan fingerprint density at radius 3 is 2.62 bits per heavy atom. The zero-order valence-corrected chi connectivity index (χ0v) is 13.7. The molecule has 7 nitrogen and oxygen atoms in total. The van der Waals surface area contributed by atoms with Crippen molar-refractivity contribution in [3.05, 3.63) is 35.7 Å². The molecule has 0 bridgehead atoms. The van der Waals surface area contributed by atoms with E-state index in [1.165, 1.54) is 28.8 Å². The maximum atomic E-state index is 12.6. The summed E-state index contributed by atoms with van der Waals surface area (Å²) < 4.78 is 55.8. The number of sulfone groups is 1. The van der Waals surface area contributed by atoms with Crippen LogP contribution in [0.25, 0.3) is 0 Å². The first-order valence-corrected chi connectivity index (χ1v) is 8.82. The molecule has 0 atom stereocenters. The second kappa shape index (κ2) is 7.67. The lowest BCUT2D eigenvalue weighted by molar-refractivity contribution is -0.0503. The van der Waals surface area contributed by atoms with Gasteiger partial charge in [-0.2, -0.15) is 8.78 Å². The highest BCUT2D eigenvalue weighted by Crippen LogP contribution is 2.25. The molecule has 0 fully saturated rings. The standard InChI is InChI=1S/C14H17F2N3O4S/c1-2-7-19-12(8-20)17-18-14(19)24(21,22)9-10-5-3-4-6-11(10)23-13(15)16/h3-6,13,20H,2,7-9H2,1H3. The lowest BCUT2D eigenvalue weighted by Crippen LogP contribution is -2.15. The Kier molecular flexibility index (Phi) is 5.84. The van der Waals surface area contributed by atoms with Crippen LogP contribution in [-0.4, -0.2) is 34.9 Å². The van der Waals surface area contributed by atoms with Gasteiger partial charge < -0.3 is 9.84 Å². The van der Waals surface area contributed by atoms with Gasteiger partial charge in [-0.3, -0.25) is 4.57 Å². The first-order valence-electron chi connectivity index (χ1n) is 7.17. The van der Waals surface area contributed by atoms with Gasteiger partial charge >= 0.3 is 6.61 Å². The van der Waals surface area contributed by atoms with Gasteiger partial charge in [-0.25, -0.2) is 8.42 Å². The van der Waals surface area contributed by atoms with Crippen molar-refractivity contribution in [3.63, 3.8) is 0 Å². The molecular formula is C14H17F2N3O4S. The number of ether oxygens (including phenoxy) is 1. The average molecular weight is 361 g/mol. The van der Waals surface area contributed by atoms with E-state index in [-0.39, 0.29) is 22.3 Å². The second-order valence-corrected chi connectivity index (χ2v) is 6.84. The quantitative estimate of drug-likeness (QED) is 0.770. The van der Waals surface area contributed by atoms with E-state index in [1.54, 1.807) is 0 Å². The third-order valence-electron chi connectivity index (χ3n) is 3.19. The molecule has 0 aliphatic rings. The molecule has 0 radical (unpaired) electrons. The van der Waals surface area contributed by atoms with E-state index < -0.39 is 28.8 Å². The van der Waals surface area contributed by atoms with Crippen molar-refractivity contribution >= 4 is 9.84 Å². The van der Waals surface area contributed by atoms with Crippen molar-refractivity contribution in [2.75, 3.05) is 0 Å². The van der Waals surface area contributed by atoms with Crippen molar-refractivity contribution in [1.29, 1.82) is 0 Å². The van der Waals surface area contributed by atoms with Gasteiger partial charge in [0.1, 0.15) is 12.4 Å². The van der Waals surface area contributed by atoms with Crippen LogP contribution in [-0.2, 0) is 28.7 Å². The fraction of sp³-hybridized carbons (Fsp3) is 0.429. The summed E-state index contributed by atoms with van der Waals surface area (Å²) in [6.45, 7) is -1.36. The highest BCUT2D eigenvalue weighted by atomic mass is 32.2. The summed E-state index contributed by atoms with van der Waals surface area (Å²) in [6.07, 6.45) is 0.610. The number of benzene rings is 1. The zero-order chi connectivity index (χ0) is 17.7. The van der Waals surface area contributed by atoms with E-state index in [9.17, 15) is 22.3 Å². The van der Waals surface area contributed by atoms with Crippen molar-refractivity contribution in [3.8, 4) is 5.75 Å². The van der Waals surface area contributed by atoms with Gasteiger partial charge in [0, 0.05) is 12.1 Å². The molecule has 0 amide bonds. The number of hydrogen-bond acceptors (Lipinski definition) is 6. The van der Waals surface area contributed by atoms with Crippen LogP contribution in [0.15, 0.2) is 29.4 Å². The van der Waals surface area contributed by atoms with Crippen LogP contribution in [0.3, 0.4) is 0 Å². The Hall–Kier alpha value is -2.07. The Morgan fingerprint density at radius 1 is 1.29 bits per heavy atom. The molecule has 10 heteroatoms. The van der Waals surface area contributed by atoms with E-state index in [4.69, 9.17) is 0 Å². The minimum absolute atomic E-state index is 0.0920. The summed E-state index contributed by atoms with van der Waals surface area (Å²) >= 11 is 0. The first-order chi connectivity index (χ1) is 11.4. The van der Waals surface area contributed by atoms with Crippen LogP contribution in [0.1, 0.15) is 24.7 Å². The number of aliphatic hydroxyl groups is 1. The van der Waals surface area contributed by atoms with Gasteiger partial charge in [-0.05, 0) is 12.5 Å². The van der Waals surface area contributed by atoms with E-state index in [2.05, 4.69) is 14.9 Å². The minimum Gasteiger partial charge on any atom is -0.435 e. The number of para-hydroxylation sites is 1. The molecule has 24 heavy (non-hydrogen) atoms. The normalized spacial score (nSPS) is 11.9. The van der Waals surface area contributed by atoms with E-state index in [0.717, 1.165) is 0 Å². The molecule has 2 aromatic rings. The second-order valence-electron chi connectivity index (χ2n) is 4.95. The van der Waals surface area contributed by atoms with Crippen LogP contribution in [0.5, 0.6) is 5.75 Å². The van der Waals surface area contributed by atoms with Crippen molar-refractivity contribution in [1.82, 2.24) is 14.8 Å². The van der Waals surface area contributed by atoms with Crippen LogP contribution in [0.2, 0.25) is 0 Å². The molecule has 132 valence electrons. The SMILES string of the molecule is CCCn1c(CO)nnc1S(=O)(=O)Cc1ccccc1OC(F)F. The van der Waals surface area contributed by atoms with Crippen molar-refractivity contribution in [2.24, 2.45) is 0 Å². The molecule has 1 heterocycles. The molecule has 0 saturated carbocycles. The highest BCUT2D eigenvalue weighted by molar-refractivity contribution is 7.90. The number of halogens is 2. The Bertz CT molecular complexity index is 793. The molecule has 1 aromatic carbocycles. The third-order valence-corrected chi connectivity index (χ3v) is 4.74. The van der Waals surface area contributed by atoms with E-state index in [1.807, 2.05) is 6.92 Å². The van der Waals surface area contributed by atoms with Gasteiger partial charge in [-0.15, -0.1) is 10.2 Å². The molecule has 1 aromatic heterocycles. The zero-order valence-electron chi connectivity index (χ0n) is 12.9. The molecule has 0 aliphatic heterocycles. The smallest absolute Gasteiger partial charge is 0.387 e. The molecule has 1 N–H and O–H groups in total. The van der Waals surface area contributed by atoms with Gasteiger partial charge in [0.25, 0.3) is 0 Å². The summed E-state index contributed by atoms with van der Waals surface area (Å²) in [4.78, 5) is 0. The van der Waals surface area contributed by atoms with Crippen LogP contribution in [0, 0.1) is 0 Å². The molecule has 2 rings (SSSR count). The minimum atomic E-state index is -3.96. The summed E-state index contributed by atoms with van der Waals surface area (Å²) in [5, 5.41) is 16.2. The summed E-state index contributed by atoms with van der Waals surface area (Å²) in [5.41, 5.74) is 0.0920. The van der Waals surface area contributed by atoms with Crippen molar-refractivity contribution < 1.29 is 27.0 Å². The molecule has 0 saturated heterocycles. The average Bonchev–Trinajstić information content (AvgIpc) is 2.93. The van der Waals surface area contributed by atoms with Gasteiger partial charge in [-0.1, -0.05) is 25.1 Å². The van der Waals surface area contributed by atoms with Crippen molar-refractivity contribution in [2.45, 2.75) is 44.0 Å². The molecular weight excluding hydrogens is 344 g/mol. The number of nitrogens with zero attached hydrogens (tertiary/aromatic N) is 3. The summed E-state index contributed by atoms with van der Waals surface area (Å²) in [6, 6.07) is 5.66. The Balaban J connectivity index is 2.38. The lowest BCUT2D eigenvalue weighted by atomic mass is 10.2. The predicted octanol–water partition coefficient (Wildman–Crippen LogP) is 1.76. The number of aromatic nitrogens is 3. The number of rotatable bonds is 8. The fourth-order valence-corrected chi connectivity index (χ4v) is 3.69. The van der Waals surface area contributed by atoms with Crippen LogP contribution < -0.4 is 4.74 Å². The third kappa shape index (κ3) is 4.06. The Labute approximate surface area is 137 Å². The summed E-state index contributed by atoms with van der Waals surface area (Å²) in [5.74, 6) is -0.643. The number of aliphatic hydroxyl groups excluding tert-OH is 1. The van der Waals surface area contributed by atoms with E-state index >= 15 is 0 Å². The molecule has 0 spiro atoms. The maximum Gasteiger partial charge on any atom is 0.387 e. The Morgan fingerprint density at radius 2 is 2.00 bits per heavy atom.